The van der Waals surface area contributed by atoms with Gasteiger partial charge in [-0.2, -0.15) is 0 Å². The average molecular weight is 346 g/mol. The highest BCUT2D eigenvalue weighted by Gasteiger charge is 2.31. The summed E-state index contributed by atoms with van der Waals surface area (Å²) >= 11 is 9.68. The molecule has 1 aliphatic rings. The Balaban J connectivity index is 2.27. The van der Waals surface area contributed by atoms with E-state index in [-0.39, 0.29) is 6.04 Å². The first-order valence-corrected chi connectivity index (χ1v) is 8.25. The fourth-order valence-corrected chi connectivity index (χ4v) is 4.29. The number of hydrogen-bond acceptors (Lipinski definition) is 2. The molecular weight excluding hydrogens is 324 g/mol. The molecule has 0 heterocycles. The Hall–Kier alpha value is -0.0900. The summed E-state index contributed by atoms with van der Waals surface area (Å²) in [6, 6.07) is 6.26. The maximum atomic E-state index is 6.16. The van der Waals surface area contributed by atoms with Gasteiger partial charge in [0.15, 0.2) is 0 Å². The summed E-state index contributed by atoms with van der Waals surface area (Å²) in [5, 5.41) is 0.758. The summed E-state index contributed by atoms with van der Waals surface area (Å²) in [4.78, 5) is 0. The molecule has 19 heavy (non-hydrogen) atoms. The van der Waals surface area contributed by atoms with Crippen LogP contribution in [0.2, 0.25) is 5.02 Å². The standard InChI is InChI=1S/C15H22BrClN2/c1-2-10-5-3-4-6-14(10)15(19-18)11-7-12(16)9-13(17)8-11/h7-10,14-15,19H,2-6,18H2,1H3. The zero-order valence-electron chi connectivity index (χ0n) is 11.3. The van der Waals surface area contributed by atoms with Gasteiger partial charge in [0.1, 0.15) is 0 Å². The number of rotatable bonds is 4. The van der Waals surface area contributed by atoms with Crippen LogP contribution >= 0.6 is 27.5 Å². The van der Waals surface area contributed by atoms with E-state index in [1.807, 2.05) is 12.1 Å². The molecule has 0 aromatic heterocycles. The van der Waals surface area contributed by atoms with Crippen LogP contribution in [0.4, 0.5) is 0 Å². The van der Waals surface area contributed by atoms with Crippen molar-refractivity contribution in [1.29, 1.82) is 0 Å². The topological polar surface area (TPSA) is 38.0 Å². The van der Waals surface area contributed by atoms with E-state index < -0.39 is 0 Å². The Morgan fingerprint density at radius 1 is 1.37 bits per heavy atom. The van der Waals surface area contributed by atoms with Gasteiger partial charge < -0.3 is 0 Å². The monoisotopic (exact) mass is 344 g/mol. The van der Waals surface area contributed by atoms with Crippen molar-refractivity contribution in [3.05, 3.63) is 33.3 Å². The van der Waals surface area contributed by atoms with Crippen molar-refractivity contribution in [2.75, 3.05) is 0 Å². The van der Waals surface area contributed by atoms with E-state index in [1.165, 1.54) is 37.7 Å². The van der Waals surface area contributed by atoms with Gasteiger partial charge in [-0.1, -0.05) is 60.1 Å². The summed E-state index contributed by atoms with van der Waals surface area (Å²) in [5.74, 6) is 7.21. The highest BCUT2D eigenvalue weighted by Crippen LogP contribution is 2.40. The second-order valence-corrected chi connectivity index (χ2v) is 6.82. The zero-order valence-corrected chi connectivity index (χ0v) is 13.7. The number of nitrogens with one attached hydrogen (secondary N) is 1. The molecule has 3 unspecified atom stereocenters. The second kappa shape index (κ2) is 7.07. The quantitative estimate of drug-likeness (QED) is 0.606. The summed E-state index contributed by atoms with van der Waals surface area (Å²) in [5.41, 5.74) is 4.21. The molecule has 0 bridgehead atoms. The van der Waals surface area contributed by atoms with E-state index >= 15 is 0 Å². The third-order valence-electron chi connectivity index (χ3n) is 4.34. The smallest absolute Gasteiger partial charge is 0.0491 e. The predicted molar refractivity (Wildman–Crippen MR) is 85.0 cm³/mol. The number of hydrazine groups is 1. The molecule has 0 aliphatic heterocycles. The molecule has 0 amide bonds. The lowest BCUT2D eigenvalue weighted by atomic mass is 9.72. The van der Waals surface area contributed by atoms with Crippen LogP contribution < -0.4 is 11.3 Å². The van der Waals surface area contributed by atoms with Crippen LogP contribution in [0.3, 0.4) is 0 Å². The maximum absolute atomic E-state index is 6.16. The minimum atomic E-state index is 0.195. The van der Waals surface area contributed by atoms with Crippen LogP contribution in [0, 0.1) is 11.8 Å². The molecule has 1 aromatic rings. The molecular formula is C15H22BrClN2. The third-order valence-corrected chi connectivity index (χ3v) is 5.02. The molecule has 0 radical (unpaired) electrons. The van der Waals surface area contributed by atoms with Gasteiger partial charge in [-0.05, 0) is 42.0 Å². The van der Waals surface area contributed by atoms with Crippen LogP contribution in [0.25, 0.3) is 0 Å². The Kier molecular flexibility index (Phi) is 5.70. The molecule has 3 atom stereocenters. The highest BCUT2D eigenvalue weighted by atomic mass is 79.9. The first-order chi connectivity index (χ1) is 9.15. The maximum Gasteiger partial charge on any atom is 0.0491 e. The lowest BCUT2D eigenvalue weighted by molar-refractivity contribution is 0.176. The highest BCUT2D eigenvalue weighted by molar-refractivity contribution is 9.10. The van der Waals surface area contributed by atoms with E-state index in [9.17, 15) is 0 Å². The summed E-state index contributed by atoms with van der Waals surface area (Å²) in [7, 11) is 0. The van der Waals surface area contributed by atoms with Crippen molar-refractivity contribution >= 4 is 27.5 Å². The van der Waals surface area contributed by atoms with Crippen molar-refractivity contribution in [3.63, 3.8) is 0 Å². The predicted octanol–water partition coefficient (Wildman–Crippen LogP) is 4.82. The van der Waals surface area contributed by atoms with Crippen LogP contribution in [0.1, 0.15) is 50.6 Å². The Labute approximate surface area is 129 Å². The Morgan fingerprint density at radius 3 is 2.74 bits per heavy atom. The van der Waals surface area contributed by atoms with Gasteiger partial charge in [0, 0.05) is 15.5 Å². The van der Waals surface area contributed by atoms with Gasteiger partial charge in [-0.3, -0.25) is 11.3 Å². The van der Waals surface area contributed by atoms with Gasteiger partial charge in [-0.15, -0.1) is 0 Å². The number of nitrogens with two attached hydrogens (primary N) is 1. The molecule has 4 heteroatoms. The van der Waals surface area contributed by atoms with Gasteiger partial charge in [0.2, 0.25) is 0 Å². The molecule has 1 aromatic carbocycles. The van der Waals surface area contributed by atoms with Crippen molar-refractivity contribution in [1.82, 2.24) is 5.43 Å². The fourth-order valence-electron chi connectivity index (χ4n) is 3.40. The number of benzene rings is 1. The Bertz CT molecular complexity index is 404. The van der Waals surface area contributed by atoms with E-state index in [4.69, 9.17) is 17.4 Å². The average Bonchev–Trinajstić information content (AvgIpc) is 2.39. The lowest BCUT2D eigenvalue weighted by Crippen LogP contribution is -2.38. The third kappa shape index (κ3) is 3.72. The number of halogens is 2. The normalized spacial score (nSPS) is 25.3. The van der Waals surface area contributed by atoms with Crippen molar-refractivity contribution in [2.24, 2.45) is 17.7 Å². The molecule has 0 saturated heterocycles. The SMILES string of the molecule is CCC1CCCCC1C(NN)c1cc(Cl)cc(Br)c1. The minimum Gasteiger partial charge on any atom is -0.271 e. The minimum absolute atomic E-state index is 0.195. The lowest BCUT2D eigenvalue weighted by Gasteiger charge is -2.37. The van der Waals surface area contributed by atoms with Crippen LogP contribution in [0.5, 0.6) is 0 Å². The van der Waals surface area contributed by atoms with Crippen LogP contribution in [-0.4, -0.2) is 0 Å². The van der Waals surface area contributed by atoms with Crippen molar-refractivity contribution in [3.8, 4) is 0 Å². The molecule has 106 valence electrons. The zero-order chi connectivity index (χ0) is 13.8. The molecule has 3 N–H and O–H groups in total. The van der Waals surface area contributed by atoms with E-state index in [0.717, 1.165) is 15.4 Å². The molecule has 1 fully saturated rings. The van der Waals surface area contributed by atoms with Crippen LogP contribution in [-0.2, 0) is 0 Å². The van der Waals surface area contributed by atoms with Gasteiger partial charge in [0.05, 0.1) is 0 Å². The molecule has 0 spiro atoms. The summed E-state index contributed by atoms with van der Waals surface area (Å²) in [6.07, 6.45) is 6.45. The van der Waals surface area contributed by atoms with E-state index in [2.05, 4.69) is 34.3 Å². The first kappa shape index (κ1) is 15.3. The first-order valence-electron chi connectivity index (χ1n) is 7.07. The molecule has 2 nitrogen and oxygen atoms in total. The molecule has 1 aliphatic carbocycles. The van der Waals surface area contributed by atoms with Gasteiger partial charge in [0.25, 0.3) is 0 Å². The number of hydrogen-bond donors (Lipinski definition) is 2. The van der Waals surface area contributed by atoms with Crippen molar-refractivity contribution in [2.45, 2.75) is 45.1 Å². The van der Waals surface area contributed by atoms with E-state index in [0.29, 0.717) is 5.92 Å². The largest absolute Gasteiger partial charge is 0.271 e. The van der Waals surface area contributed by atoms with Crippen molar-refractivity contribution < 1.29 is 0 Å². The fraction of sp³-hybridized carbons (Fsp3) is 0.600. The molecule has 2 rings (SSSR count). The van der Waals surface area contributed by atoms with Gasteiger partial charge >= 0.3 is 0 Å². The summed E-state index contributed by atoms with van der Waals surface area (Å²) in [6.45, 7) is 2.28. The van der Waals surface area contributed by atoms with Gasteiger partial charge in [-0.25, -0.2) is 0 Å². The second-order valence-electron chi connectivity index (χ2n) is 5.46. The van der Waals surface area contributed by atoms with E-state index in [1.54, 1.807) is 0 Å². The molecule has 1 saturated carbocycles. The van der Waals surface area contributed by atoms with Crippen LogP contribution in [0.15, 0.2) is 22.7 Å². The Morgan fingerprint density at radius 2 is 2.11 bits per heavy atom. The summed E-state index contributed by atoms with van der Waals surface area (Å²) < 4.78 is 1.01.